The van der Waals surface area contributed by atoms with Gasteiger partial charge in [-0.05, 0) is 0 Å². The van der Waals surface area contributed by atoms with Crippen molar-refractivity contribution in [2.75, 3.05) is 33.0 Å². The molecule has 1 unspecified atom stereocenters. The maximum Gasteiger partial charge on any atom is 0.187 e. The molecule has 26 heteroatoms. The fourth-order valence-corrected chi connectivity index (χ4v) is 6.82. The second kappa shape index (κ2) is 19.6. The van der Waals surface area contributed by atoms with Gasteiger partial charge in [-0.3, -0.25) is 0 Å². The Kier molecular flexibility index (Phi) is 16.1. The van der Waals surface area contributed by atoms with Gasteiger partial charge in [-0.2, -0.15) is 0 Å². The minimum atomic E-state index is -2.03. The molecule has 0 aromatic heterocycles. The minimum Gasteiger partial charge on any atom is -0.394 e. The van der Waals surface area contributed by atoms with Crippen LogP contribution in [0.3, 0.4) is 0 Å². The van der Waals surface area contributed by atoms with Crippen LogP contribution < -0.4 is 0 Å². The van der Waals surface area contributed by atoms with Crippen LogP contribution >= 0.6 is 0 Å². The molecule has 5 fully saturated rings. The van der Waals surface area contributed by atoms with E-state index in [-0.39, 0.29) is 0 Å². The van der Waals surface area contributed by atoms with Crippen LogP contribution in [0.1, 0.15) is 0 Å². The van der Waals surface area contributed by atoms with Gasteiger partial charge in [0.1, 0.15) is 122 Å². The van der Waals surface area contributed by atoms with Crippen LogP contribution in [0.2, 0.25) is 0 Å². The molecule has 0 amide bonds. The monoisotopic (exact) mass is 828 g/mol. The van der Waals surface area contributed by atoms with E-state index in [9.17, 15) is 86.8 Å². The molecule has 17 N–H and O–H groups in total. The average molecular weight is 829 g/mol. The first-order valence-corrected chi connectivity index (χ1v) is 17.6. The second-order valence-corrected chi connectivity index (χ2v) is 14.0. The van der Waals surface area contributed by atoms with Gasteiger partial charge >= 0.3 is 0 Å². The Hall–Kier alpha value is -1.04. The number of aliphatic hydroxyl groups is 17. The normalized spacial score (nSPS) is 53.2. The summed E-state index contributed by atoms with van der Waals surface area (Å²) in [6, 6.07) is 0. The molecule has 25 atom stereocenters. The third-order valence-corrected chi connectivity index (χ3v) is 10.3. The lowest BCUT2D eigenvalue weighted by Crippen LogP contribution is -2.66. The molecule has 0 spiro atoms. The first-order valence-electron chi connectivity index (χ1n) is 17.6. The molecule has 0 bridgehead atoms. The molecule has 0 saturated carbocycles. The zero-order valence-corrected chi connectivity index (χ0v) is 29.2. The van der Waals surface area contributed by atoms with Crippen molar-refractivity contribution in [2.24, 2.45) is 0 Å². The van der Waals surface area contributed by atoms with E-state index in [1.165, 1.54) is 0 Å². The molecule has 0 aromatic carbocycles. The Labute approximate surface area is 316 Å². The summed E-state index contributed by atoms with van der Waals surface area (Å²) in [5.74, 6) is 0. The van der Waals surface area contributed by atoms with E-state index in [0.717, 1.165) is 0 Å². The number of ether oxygens (including phenoxy) is 9. The Morgan fingerprint density at radius 2 is 0.625 bits per heavy atom. The molecule has 0 aliphatic carbocycles. The van der Waals surface area contributed by atoms with E-state index >= 15 is 0 Å². The van der Waals surface area contributed by atoms with Gasteiger partial charge in [-0.25, -0.2) is 0 Å². The Bertz CT molecular complexity index is 1200. The molecule has 5 aliphatic rings. The summed E-state index contributed by atoms with van der Waals surface area (Å²) < 4.78 is 48.8. The highest BCUT2D eigenvalue weighted by molar-refractivity contribution is 4.97. The number of hydrogen-bond donors (Lipinski definition) is 17. The van der Waals surface area contributed by atoms with E-state index in [4.69, 9.17) is 42.6 Å². The highest BCUT2D eigenvalue weighted by Gasteiger charge is 2.54. The average Bonchev–Trinajstić information content (AvgIpc) is 3.19. The van der Waals surface area contributed by atoms with E-state index in [2.05, 4.69) is 0 Å². The summed E-state index contributed by atoms with van der Waals surface area (Å²) in [5, 5.41) is 174. The summed E-state index contributed by atoms with van der Waals surface area (Å²) in [4.78, 5) is 0. The lowest BCUT2D eigenvalue weighted by Gasteiger charge is -2.47. The van der Waals surface area contributed by atoms with Gasteiger partial charge in [0, 0.05) is 0 Å². The summed E-state index contributed by atoms with van der Waals surface area (Å²) in [5.41, 5.74) is 0. The Morgan fingerprint density at radius 3 is 1.04 bits per heavy atom. The maximum absolute atomic E-state index is 10.9. The lowest BCUT2D eigenvalue weighted by molar-refractivity contribution is -0.374. The predicted octanol–water partition coefficient (Wildman–Crippen LogP) is -11.9. The van der Waals surface area contributed by atoms with Crippen molar-refractivity contribution < 1.29 is 129 Å². The molecule has 56 heavy (non-hydrogen) atoms. The summed E-state index contributed by atoms with van der Waals surface area (Å²) in [6.07, 6.45) is -44.8. The largest absolute Gasteiger partial charge is 0.394 e. The Balaban J connectivity index is 1.18. The molecule has 5 rings (SSSR count). The molecule has 26 nitrogen and oxygen atoms in total. The van der Waals surface area contributed by atoms with Crippen molar-refractivity contribution in [3.05, 3.63) is 0 Å². The lowest BCUT2D eigenvalue weighted by atomic mass is 9.96. The van der Waals surface area contributed by atoms with Crippen LogP contribution in [0.4, 0.5) is 0 Å². The van der Waals surface area contributed by atoms with Crippen LogP contribution in [0, 0.1) is 0 Å². The van der Waals surface area contributed by atoms with Gasteiger partial charge in [0.25, 0.3) is 0 Å². The van der Waals surface area contributed by atoms with Gasteiger partial charge in [0.2, 0.25) is 0 Å². The first kappa shape index (κ1) is 46.0. The highest BCUT2D eigenvalue weighted by atomic mass is 16.8. The summed E-state index contributed by atoms with van der Waals surface area (Å²) >= 11 is 0. The predicted molar refractivity (Wildman–Crippen MR) is 167 cm³/mol. The second-order valence-electron chi connectivity index (χ2n) is 14.0. The molecule has 5 heterocycles. The van der Waals surface area contributed by atoms with Gasteiger partial charge in [-0.15, -0.1) is 0 Å². The topological polar surface area (TPSA) is 427 Å². The van der Waals surface area contributed by atoms with E-state index in [1.807, 2.05) is 0 Å². The number of aliphatic hydroxyl groups excluding tert-OH is 17. The van der Waals surface area contributed by atoms with Crippen molar-refractivity contribution in [3.63, 3.8) is 0 Å². The van der Waals surface area contributed by atoms with Crippen molar-refractivity contribution in [3.8, 4) is 0 Å². The van der Waals surface area contributed by atoms with Crippen LogP contribution in [-0.4, -0.2) is 273 Å². The third-order valence-electron chi connectivity index (χ3n) is 10.3. The standard InChI is InChI=1S/C30H52O26/c31-1-6-11(34)15(38)20(43)29(51-6)55-24-7(2-32)53-28(23(46)17(24)40)49-5-10-13(36)16(39)21(44)30(54-10)56-25-8(3-33)52-27(22(45)18(25)41)48-4-9-12(35)14(37)19(42)26(47)50-9/h6-47H,1-5H2/t6-,7-,8-,9-,10-,11-,12-,13-,14+,15+,16+,17-,18-,19-,20-,21-,22-,23-,24-,25-,26?,27+,28+,29-,30-/m1/s1. The SMILES string of the molecule is OC[C@H]1O[C@H](O[C@H]2[C@H](O)[C@@H](O)[C@@H](OC[C@H]3O[C@H](O[C@H]4[C@H](O)[C@@H](O)[C@@H](OC[C@H]5OC(O)[C@H](O)[C@@H](O)[C@@H]5O)O[C@@H]4CO)[C@H](O)[C@@H](O)[C@@H]3O)O[C@@H]2CO)[C@H](O)[C@@H](O)[C@@H]1O. The quantitative estimate of drug-likeness (QED) is 0.0819. The Morgan fingerprint density at radius 1 is 0.304 bits per heavy atom. The smallest absolute Gasteiger partial charge is 0.187 e. The van der Waals surface area contributed by atoms with Crippen LogP contribution in [0.15, 0.2) is 0 Å². The molecule has 5 saturated heterocycles. The molecular formula is C30H52O26. The van der Waals surface area contributed by atoms with Crippen molar-refractivity contribution in [1.82, 2.24) is 0 Å². The fraction of sp³-hybridized carbons (Fsp3) is 1.00. The maximum atomic E-state index is 10.9. The minimum absolute atomic E-state index is 0.669. The van der Waals surface area contributed by atoms with E-state index in [0.29, 0.717) is 0 Å². The number of rotatable bonds is 13. The first-order chi connectivity index (χ1) is 26.4. The highest BCUT2D eigenvalue weighted by Crippen LogP contribution is 2.33. The fourth-order valence-electron chi connectivity index (χ4n) is 6.82. The van der Waals surface area contributed by atoms with E-state index in [1.54, 1.807) is 0 Å². The number of hydrogen-bond acceptors (Lipinski definition) is 26. The zero-order valence-electron chi connectivity index (χ0n) is 29.2. The summed E-state index contributed by atoms with van der Waals surface area (Å²) in [6.45, 7) is -4.05. The van der Waals surface area contributed by atoms with Crippen molar-refractivity contribution in [2.45, 2.75) is 154 Å². The van der Waals surface area contributed by atoms with Gasteiger partial charge in [0.15, 0.2) is 31.5 Å². The molecule has 328 valence electrons. The van der Waals surface area contributed by atoms with E-state index < -0.39 is 187 Å². The molecule has 0 aromatic rings. The van der Waals surface area contributed by atoms with Crippen LogP contribution in [0.5, 0.6) is 0 Å². The van der Waals surface area contributed by atoms with Crippen LogP contribution in [-0.2, 0) is 42.6 Å². The molecule has 0 radical (unpaired) electrons. The third kappa shape index (κ3) is 9.46. The van der Waals surface area contributed by atoms with Gasteiger partial charge in [-0.1, -0.05) is 0 Å². The van der Waals surface area contributed by atoms with Crippen molar-refractivity contribution in [1.29, 1.82) is 0 Å². The van der Waals surface area contributed by atoms with Gasteiger partial charge < -0.3 is 129 Å². The molecule has 5 aliphatic heterocycles. The summed E-state index contributed by atoms with van der Waals surface area (Å²) in [7, 11) is 0. The van der Waals surface area contributed by atoms with Gasteiger partial charge in [0.05, 0.1) is 33.0 Å². The van der Waals surface area contributed by atoms with Crippen molar-refractivity contribution >= 4 is 0 Å². The molecular weight excluding hydrogens is 776 g/mol. The van der Waals surface area contributed by atoms with Crippen LogP contribution in [0.25, 0.3) is 0 Å². The zero-order chi connectivity index (χ0) is 41.3.